The number of hydrogen-bond acceptors (Lipinski definition) is 4. The first-order valence-electron chi connectivity index (χ1n) is 5.13. The Balaban J connectivity index is 2.22. The monoisotopic (exact) mass is 276 g/mol. The highest BCUT2D eigenvalue weighted by Gasteiger charge is 2.11. The summed E-state index contributed by atoms with van der Waals surface area (Å²) in [5.41, 5.74) is 1.78. The third kappa shape index (κ3) is 1.91. The fraction of sp³-hybridized carbons (Fsp3) is 0. The van der Waals surface area contributed by atoms with Crippen molar-refractivity contribution in [3.63, 3.8) is 0 Å². The molecular formula is C10H8N6S2. The quantitative estimate of drug-likeness (QED) is 0.542. The normalized spacial score (nSPS) is 10.7. The van der Waals surface area contributed by atoms with E-state index in [2.05, 4.69) is 30.4 Å². The topological polar surface area (TPSA) is 88.9 Å². The fourth-order valence-corrected chi connectivity index (χ4v) is 1.98. The van der Waals surface area contributed by atoms with E-state index in [1.165, 1.54) is 0 Å². The van der Waals surface area contributed by atoms with Crippen molar-refractivity contribution in [3.8, 4) is 22.8 Å². The van der Waals surface area contributed by atoms with Gasteiger partial charge in [-0.25, -0.2) is 0 Å². The molecule has 0 unspecified atom stereocenters. The minimum absolute atomic E-state index is 0.412. The standard InChI is InChI=1S/C10H8N6S2/c17-9-11-7(13-15-9)5-3-1-2-4-6(5)8-12-10(18)16-14-8/h1-4H,(H2,11,13,15,17)(H2,12,14,16,18). The molecule has 2 heterocycles. The van der Waals surface area contributed by atoms with Crippen LogP contribution in [0.25, 0.3) is 22.8 Å². The molecular weight excluding hydrogens is 268 g/mol. The molecule has 0 bridgehead atoms. The first kappa shape index (κ1) is 11.1. The highest BCUT2D eigenvalue weighted by Crippen LogP contribution is 2.26. The molecule has 18 heavy (non-hydrogen) atoms. The number of H-pyrrole nitrogens is 4. The molecule has 0 fully saturated rings. The van der Waals surface area contributed by atoms with Crippen LogP contribution in [0.15, 0.2) is 24.3 Å². The average Bonchev–Trinajstić information content (AvgIpc) is 2.98. The molecule has 0 aliphatic rings. The van der Waals surface area contributed by atoms with Gasteiger partial charge in [0.05, 0.1) is 0 Å². The van der Waals surface area contributed by atoms with Crippen LogP contribution in [-0.2, 0) is 0 Å². The molecule has 0 spiro atoms. The number of aromatic nitrogens is 6. The van der Waals surface area contributed by atoms with Gasteiger partial charge in [-0.1, -0.05) is 24.3 Å². The Kier molecular flexibility index (Phi) is 2.65. The predicted octanol–water partition coefficient (Wildman–Crippen LogP) is 2.58. The van der Waals surface area contributed by atoms with E-state index >= 15 is 0 Å². The number of nitrogens with zero attached hydrogens (tertiary/aromatic N) is 2. The fourth-order valence-electron chi connectivity index (χ4n) is 1.69. The molecule has 3 rings (SSSR count). The van der Waals surface area contributed by atoms with Crippen molar-refractivity contribution in [2.45, 2.75) is 0 Å². The van der Waals surface area contributed by atoms with Gasteiger partial charge in [-0.05, 0) is 24.4 Å². The lowest BCUT2D eigenvalue weighted by atomic mass is 10.1. The number of nitrogens with one attached hydrogen (secondary N) is 4. The van der Waals surface area contributed by atoms with Crippen LogP contribution in [-0.4, -0.2) is 30.4 Å². The molecule has 2 aromatic heterocycles. The van der Waals surface area contributed by atoms with Crippen LogP contribution in [0.4, 0.5) is 0 Å². The molecule has 0 amide bonds. The molecule has 0 atom stereocenters. The van der Waals surface area contributed by atoms with E-state index in [0.717, 1.165) is 11.1 Å². The number of rotatable bonds is 2. The van der Waals surface area contributed by atoms with Gasteiger partial charge in [-0.2, -0.15) is 9.97 Å². The van der Waals surface area contributed by atoms with Gasteiger partial charge in [0.2, 0.25) is 9.54 Å². The largest absolute Gasteiger partial charge is 0.282 e. The Hall–Kier alpha value is -2.06. The van der Waals surface area contributed by atoms with Crippen LogP contribution >= 0.6 is 24.4 Å². The maximum absolute atomic E-state index is 4.95. The molecule has 1 aromatic carbocycles. The third-order valence-electron chi connectivity index (χ3n) is 2.44. The van der Waals surface area contributed by atoms with E-state index < -0.39 is 0 Å². The molecule has 3 aromatic rings. The highest BCUT2D eigenvalue weighted by molar-refractivity contribution is 7.71. The maximum atomic E-state index is 4.95. The Bertz CT molecular complexity index is 725. The molecule has 0 aliphatic heterocycles. The lowest BCUT2D eigenvalue weighted by Gasteiger charge is -2.03. The Morgan fingerprint density at radius 3 is 1.50 bits per heavy atom. The van der Waals surface area contributed by atoms with Gasteiger partial charge in [0.1, 0.15) is 0 Å². The Morgan fingerprint density at radius 1 is 0.722 bits per heavy atom. The van der Waals surface area contributed by atoms with Crippen molar-refractivity contribution in [1.82, 2.24) is 30.4 Å². The van der Waals surface area contributed by atoms with Crippen molar-refractivity contribution < 1.29 is 0 Å². The minimum Gasteiger partial charge on any atom is -0.282 e. The van der Waals surface area contributed by atoms with Crippen molar-refractivity contribution in [2.75, 3.05) is 0 Å². The summed E-state index contributed by atoms with van der Waals surface area (Å²) in [6, 6.07) is 7.71. The molecule has 0 aliphatic carbocycles. The zero-order valence-electron chi connectivity index (χ0n) is 9.02. The SMILES string of the molecule is S=c1nc(-c2ccccc2-c2nc(=S)[nH][nH]2)[nH][nH]1. The van der Waals surface area contributed by atoms with Crippen LogP contribution < -0.4 is 0 Å². The smallest absolute Gasteiger partial charge is 0.213 e. The number of aromatic amines is 4. The van der Waals surface area contributed by atoms with Gasteiger partial charge in [0.15, 0.2) is 11.6 Å². The molecule has 90 valence electrons. The summed E-state index contributed by atoms with van der Waals surface area (Å²) in [6.07, 6.45) is 0. The average molecular weight is 276 g/mol. The summed E-state index contributed by atoms with van der Waals surface area (Å²) in [4.78, 5) is 8.40. The maximum Gasteiger partial charge on any atom is 0.213 e. The van der Waals surface area contributed by atoms with Crippen molar-refractivity contribution in [2.24, 2.45) is 0 Å². The van der Waals surface area contributed by atoms with Crippen LogP contribution in [0.3, 0.4) is 0 Å². The first-order valence-corrected chi connectivity index (χ1v) is 5.95. The van der Waals surface area contributed by atoms with Crippen molar-refractivity contribution >= 4 is 24.4 Å². The van der Waals surface area contributed by atoms with E-state index in [4.69, 9.17) is 24.4 Å². The van der Waals surface area contributed by atoms with E-state index in [1.807, 2.05) is 24.3 Å². The predicted molar refractivity (Wildman–Crippen MR) is 72.0 cm³/mol. The van der Waals surface area contributed by atoms with Gasteiger partial charge >= 0.3 is 0 Å². The van der Waals surface area contributed by atoms with Crippen molar-refractivity contribution in [1.29, 1.82) is 0 Å². The summed E-state index contributed by atoms with van der Waals surface area (Å²) in [7, 11) is 0. The number of benzene rings is 1. The summed E-state index contributed by atoms with van der Waals surface area (Å²) in [5, 5.41) is 11.4. The van der Waals surface area contributed by atoms with Crippen LogP contribution in [0.5, 0.6) is 0 Å². The van der Waals surface area contributed by atoms with Gasteiger partial charge in [-0.15, -0.1) is 0 Å². The minimum atomic E-state index is 0.412. The third-order valence-corrected chi connectivity index (χ3v) is 2.83. The van der Waals surface area contributed by atoms with Gasteiger partial charge in [0.25, 0.3) is 0 Å². The number of hydrogen-bond donors (Lipinski definition) is 4. The zero-order valence-corrected chi connectivity index (χ0v) is 10.7. The molecule has 8 heteroatoms. The summed E-state index contributed by atoms with van der Waals surface area (Å²) >= 11 is 9.91. The second kappa shape index (κ2) is 4.31. The summed E-state index contributed by atoms with van der Waals surface area (Å²) in [5.74, 6) is 1.33. The van der Waals surface area contributed by atoms with Crippen LogP contribution in [0.2, 0.25) is 0 Å². The summed E-state index contributed by atoms with van der Waals surface area (Å²) in [6.45, 7) is 0. The zero-order chi connectivity index (χ0) is 12.5. The molecule has 0 saturated heterocycles. The van der Waals surface area contributed by atoms with E-state index in [-0.39, 0.29) is 0 Å². The lowest BCUT2D eigenvalue weighted by Crippen LogP contribution is -1.88. The molecule has 0 radical (unpaired) electrons. The van der Waals surface area contributed by atoms with E-state index in [9.17, 15) is 0 Å². The Morgan fingerprint density at radius 2 is 1.17 bits per heavy atom. The van der Waals surface area contributed by atoms with Crippen LogP contribution in [0.1, 0.15) is 0 Å². The second-order valence-electron chi connectivity index (χ2n) is 3.58. The lowest BCUT2D eigenvalue weighted by molar-refractivity contribution is 1.08. The van der Waals surface area contributed by atoms with Gasteiger partial charge < -0.3 is 0 Å². The van der Waals surface area contributed by atoms with Gasteiger partial charge in [-0.3, -0.25) is 20.4 Å². The Labute approximate surface area is 111 Å². The highest BCUT2D eigenvalue weighted by atomic mass is 32.1. The second-order valence-corrected chi connectivity index (χ2v) is 4.35. The summed E-state index contributed by atoms with van der Waals surface area (Å²) < 4.78 is 0.824. The molecule has 4 N–H and O–H groups in total. The molecule has 6 nitrogen and oxygen atoms in total. The van der Waals surface area contributed by atoms with E-state index in [0.29, 0.717) is 21.2 Å². The van der Waals surface area contributed by atoms with Gasteiger partial charge in [0, 0.05) is 11.1 Å². The van der Waals surface area contributed by atoms with E-state index in [1.54, 1.807) is 0 Å². The molecule has 0 saturated carbocycles. The first-order chi connectivity index (χ1) is 8.74. The van der Waals surface area contributed by atoms with Crippen molar-refractivity contribution in [3.05, 3.63) is 33.8 Å². The van der Waals surface area contributed by atoms with Crippen LogP contribution in [0, 0.1) is 9.54 Å².